The number of carbonyl (C=O) groups excluding carboxylic acids is 1. The number of aromatic nitrogens is 2. The van der Waals surface area contributed by atoms with Crippen LogP contribution in [0.4, 0.5) is 24.8 Å². The van der Waals surface area contributed by atoms with Gasteiger partial charge >= 0.3 is 12.1 Å². The van der Waals surface area contributed by atoms with E-state index in [9.17, 15) is 22.8 Å². The zero-order valence-corrected chi connectivity index (χ0v) is 22.1. The van der Waals surface area contributed by atoms with Gasteiger partial charge in [0.1, 0.15) is 5.75 Å². The molecule has 3 aromatic rings. The number of ether oxygens (including phenoxy) is 1. The number of carboxylic acids is 1. The van der Waals surface area contributed by atoms with Gasteiger partial charge in [0, 0.05) is 6.20 Å². The van der Waals surface area contributed by atoms with Crippen molar-refractivity contribution in [3.63, 3.8) is 0 Å². The molecule has 1 aliphatic rings. The highest BCUT2D eigenvalue weighted by atomic mass is 19.4. The maximum atomic E-state index is 13.8. The van der Waals surface area contributed by atoms with Crippen molar-refractivity contribution in [3.05, 3.63) is 76.6 Å². The first kappa shape index (κ1) is 29.1. The number of hydrogen-bond donors (Lipinski definition) is 2. The summed E-state index contributed by atoms with van der Waals surface area (Å²) in [4.78, 5) is 32.2. The molecular weight excluding hydrogens is 524 g/mol. The summed E-state index contributed by atoms with van der Waals surface area (Å²) in [5, 5.41) is 12.2. The molecule has 40 heavy (non-hydrogen) atoms. The average Bonchev–Trinajstić information content (AvgIpc) is 2.92. The van der Waals surface area contributed by atoms with E-state index in [1.165, 1.54) is 7.11 Å². The molecule has 1 aliphatic heterocycles. The van der Waals surface area contributed by atoms with Crippen molar-refractivity contribution < 1.29 is 32.6 Å². The molecule has 1 fully saturated rings. The summed E-state index contributed by atoms with van der Waals surface area (Å²) in [6.45, 7) is 1.66. The first-order valence-electron chi connectivity index (χ1n) is 13.0. The highest BCUT2D eigenvalue weighted by molar-refractivity contribution is 6.64. The van der Waals surface area contributed by atoms with Crippen LogP contribution in [0.3, 0.4) is 0 Å². The lowest BCUT2D eigenvalue weighted by Gasteiger charge is -2.31. The molecule has 12 heteroatoms. The molecule has 0 aliphatic carbocycles. The molecule has 0 amide bonds. The second-order valence-electron chi connectivity index (χ2n) is 9.72. The number of carbonyl (C=O) groups is 2. The van der Waals surface area contributed by atoms with Gasteiger partial charge in [-0.2, -0.15) is 13.2 Å². The molecule has 0 bridgehead atoms. The Labute approximate surface area is 230 Å². The Bertz CT molecular complexity index is 1350. The summed E-state index contributed by atoms with van der Waals surface area (Å²) < 4.78 is 46.9. The van der Waals surface area contributed by atoms with Crippen molar-refractivity contribution >= 4 is 31.2 Å². The predicted octanol–water partition coefficient (Wildman–Crippen LogP) is 4.38. The van der Waals surface area contributed by atoms with Crippen molar-refractivity contribution in [2.45, 2.75) is 44.2 Å². The van der Waals surface area contributed by atoms with Crippen LogP contribution in [-0.2, 0) is 35.0 Å². The highest BCUT2D eigenvalue weighted by Gasteiger charge is 2.35. The maximum absolute atomic E-state index is 13.8. The standard InChI is InChI=1S/C28H30BF3N4O4/c1-40-25-14-21(19-10-12-36(13-11-19)29-17-37)7-9-24(25)35-27-33-16-22(28(30,31)32)23(34-27)8-6-18-4-2-3-5-20(18)15-26(38)39/h2-5,7,9,14,16-17,19,29H,6,8,10-13,15H2,1H3,(H,38,39)(H,33,34,35). The molecule has 210 valence electrons. The molecule has 0 spiro atoms. The van der Waals surface area contributed by atoms with Crippen LogP contribution in [-0.4, -0.2) is 59.7 Å². The number of aryl methyl sites for hydroxylation is 2. The minimum Gasteiger partial charge on any atom is -0.495 e. The first-order chi connectivity index (χ1) is 19.2. The second kappa shape index (κ2) is 13.0. The lowest BCUT2D eigenvalue weighted by molar-refractivity contribution is -0.139. The first-order valence-corrected chi connectivity index (χ1v) is 13.0. The van der Waals surface area contributed by atoms with Crippen LogP contribution < -0.4 is 10.1 Å². The lowest BCUT2D eigenvalue weighted by Crippen LogP contribution is -2.36. The Hall–Kier alpha value is -3.93. The molecule has 0 radical (unpaired) electrons. The normalized spacial score (nSPS) is 14.5. The third-order valence-corrected chi connectivity index (χ3v) is 7.13. The number of nitrogens with one attached hydrogen (secondary N) is 1. The molecule has 8 nitrogen and oxygen atoms in total. The van der Waals surface area contributed by atoms with Crippen LogP contribution in [0.5, 0.6) is 5.75 Å². The van der Waals surface area contributed by atoms with Crippen LogP contribution in [0, 0.1) is 0 Å². The Morgan fingerprint density at radius 2 is 1.90 bits per heavy atom. The molecule has 4 rings (SSSR count). The van der Waals surface area contributed by atoms with E-state index in [2.05, 4.69) is 20.1 Å². The van der Waals surface area contributed by atoms with E-state index >= 15 is 0 Å². The number of carboxylic acid groups (broad SMARTS) is 1. The third kappa shape index (κ3) is 7.38. The maximum Gasteiger partial charge on any atom is 0.419 e. The summed E-state index contributed by atoms with van der Waals surface area (Å²) in [5.41, 5.74) is 1.68. The molecule has 2 aromatic carbocycles. The van der Waals surface area contributed by atoms with Crippen LogP contribution >= 0.6 is 0 Å². The Balaban J connectivity index is 1.53. The molecular formula is C28H30BF3N4O4. The Morgan fingerprint density at radius 1 is 1.18 bits per heavy atom. The monoisotopic (exact) mass is 554 g/mol. The fourth-order valence-corrected chi connectivity index (χ4v) is 5.03. The number of hydrogen-bond acceptors (Lipinski definition) is 7. The largest absolute Gasteiger partial charge is 0.495 e. The van der Waals surface area contributed by atoms with Gasteiger partial charge in [-0.3, -0.25) is 4.79 Å². The van der Waals surface area contributed by atoms with Crippen molar-refractivity contribution in [1.82, 2.24) is 14.8 Å². The van der Waals surface area contributed by atoms with Crippen molar-refractivity contribution in [2.24, 2.45) is 0 Å². The predicted molar refractivity (Wildman–Crippen MR) is 146 cm³/mol. The summed E-state index contributed by atoms with van der Waals surface area (Å²) in [7, 11) is 1.95. The van der Waals surface area contributed by atoms with Gasteiger partial charge in [0.2, 0.25) is 5.95 Å². The number of methoxy groups -OCH3 is 1. The van der Waals surface area contributed by atoms with Gasteiger partial charge in [0.05, 0.1) is 36.7 Å². The van der Waals surface area contributed by atoms with Crippen molar-refractivity contribution in [1.29, 1.82) is 0 Å². The summed E-state index contributed by atoms with van der Waals surface area (Å²) in [6.07, 6.45) is -1.23. The fourth-order valence-electron chi connectivity index (χ4n) is 5.03. The zero-order valence-electron chi connectivity index (χ0n) is 22.1. The SMILES string of the molecule is COc1cc(C2CCN(BC=O)CC2)ccc1Nc1ncc(C(F)(F)F)c(CCc2ccccc2CC(=O)O)n1. The number of rotatable bonds is 11. The lowest BCUT2D eigenvalue weighted by atomic mass is 9.84. The van der Waals surface area contributed by atoms with Crippen LogP contribution in [0.2, 0.25) is 0 Å². The van der Waals surface area contributed by atoms with E-state index in [-0.39, 0.29) is 30.9 Å². The quantitative estimate of drug-likeness (QED) is 0.266. The molecule has 0 unspecified atom stereocenters. The molecule has 0 saturated carbocycles. The van der Waals surface area contributed by atoms with E-state index in [1.807, 2.05) is 12.1 Å². The van der Waals surface area contributed by atoms with Crippen LogP contribution in [0.25, 0.3) is 0 Å². The Morgan fingerprint density at radius 3 is 2.55 bits per heavy atom. The van der Waals surface area contributed by atoms with Crippen LogP contribution in [0.15, 0.2) is 48.7 Å². The molecule has 2 N–H and O–H groups in total. The number of nitrogens with zero attached hydrogens (tertiary/aromatic N) is 3. The smallest absolute Gasteiger partial charge is 0.419 e. The van der Waals surface area contributed by atoms with Gasteiger partial charge in [-0.1, -0.05) is 30.3 Å². The number of benzene rings is 2. The summed E-state index contributed by atoms with van der Waals surface area (Å²) in [5.74, 6) is -0.195. The minimum absolute atomic E-state index is 0.00459. The highest BCUT2D eigenvalue weighted by Crippen LogP contribution is 2.36. The van der Waals surface area contributed by atoms with Gasteiger partial charge in [-0.25, -0.2) is 9.97 Å². The number of anilines is 2. The minimum atomic E-state index is -4.64. The fraction of sp³-hybridized carbons (Fsp3) is 0.357. The van der Waals surface area contributed by atoms with E-state index < -0.39 is 17.7 Å². The van der Waals surface area contributed by atoms with Gasteiger partial charge in [-0.15, -0.1) is 0 Å². The van der Waals surface area contributed by atoms with Crippen LogP contribution in [0.1, 0.15) is 46.7 Å². The number of aliphatic carboxylic acids is 1. The Kier molecular flexibility index (Phi) is 9.41. The van der Waals surface area contributed by atoms with Gasteiger partial charge in [0.15, 0.2) is 0 Å². The number of halogens is 3. The average molecular weight is 554 g/mol. The van der Waals surface area contributed by atoms with Crippen molar-refractivity contribution in [3.8, 4) is 5.75 Å². The van der Waals surface area contributed by atoms with Gasteiger partial charge in [-0.05, 0) is 73.5 Å². The van der Waals surface area contributed by atoms with E-state index in [0.29, 0.717) is 35.9 Å². The molecule has 2 heterocycles. The summed E-state index contributed by atoms with van der Waals surface area (Å²) in [6, 6.07) is 12.5. The second-order valence-corrected chi connectivity index (χ2v) is 9.72. The molecule has 1 saturated heterocycles. The van der Waals surface area contributed by atoms with Crippen molar-refractivity contribution in [2.75, 3.05) is 25.5 Å². The van der Waals surface area contributed by atoms with E-state index in [1.54, 1.807) is 30.3 Å². The van der Waals surface area contributed by atoms with Gasteiger partial charge < -0.3 is 24.8 Å². The van der Waals surface area contributed by atoms with E-state index in [4.69, 9.17) is 9.84 Å². The number of piperidine rings is 1. The zero-order chi connectivity index (χ0) is 28.7. The number of alkyl halides is 3. The topological polar surface area (TPSA) is 105 Å². The van der Waals surface area contributed by atoms with E-state index in [0.717, 1.165) is 43.9 Å². The van der Waals surface area contributed by atoms with Gasteiger partial charge in [0.25, 0.3) is 7.41 Å². The molecule has 1 aromatic heterocycles. The summed E-state index contributed by atoms with van der Waals surface area (Å²) >= 11 is 0. The third-order valence-electron chi connectivity index (χ3n) is 7.13. The molecule has 0 atom stereocenters.